The molecule has 1 aromatic rings. The Hall–Kier alpha value is -1.10. The number of hydrogen-bond acceptors (Lipinski definition) is 3. The van der Waals surface area contributed by atoms with Crippen molar-refractivity contribution in [2.45, 2.75) is 4.90 Å². The highest BCUT2D eigenvalue weighted by molar-refractivity contribution is 7.91. The van der Waals surface area contributed by atoms with Gasteiger partial charge in [0.25, 0.3) is 0 Å². The van der Waals surface area contributed by atoms with Crippen molar-refractivity contribution in [1.29, 1.82) is 0 Å². The molecule has 0 atom stereocenters. The summed E-state index contributed by atoms with van der Waals surface area (Å²) in [7, 11) is -3.77. The highest BCUT2D eigenvalue weighted by atomic mass is 32.2. The summed E-state index contributed by atoms with van der Waals surface area (Å²) >= 11 is 0. The lowest BCUT2D eigenvalue weighted by Gasteiger charge is -1.99. The normalized spacial score (nSPS) is 11.4. The second-order valence-corrected chi connectivity index (χ2v) is 4.22. The molecule has 2 N–H and O–H groups in total. The molecule has 0 fully saturated rings. The van der Waals surface area contributed by atoms with Gasteiger partial charge in [0.1, 0.15) is 0 Å². The fourth-order valence-electron chi connectivity index (χ4n) is 0.771. The summed E-state index contributed by atoms with van der Waals surface area (Å²) in [6, 6.07) is 4.16. The molecule has 0 unspecified atom stereocenters. The van der Waals surface area contributed by atoms with Crippen LogP contribution in [0.5, 0.6) is 0 Å². The Bertz CT molecular complexity index is 375. The number of rotatable bonds is 2. The van der Waals surface area contributed by atoms with Crippen LogP contribution in [-0.2, 0) is 9.84 Å². The SMILES string of the molecule is Nc1cccc(S(=O)(=O)CF)c1. The maximum absolute atomic E-state index is 12.0. The minimum atomic E-state index is -3.77. The number of sulfone groups is 1. The van der Waals surface area contributed by atoms with Crippen LogP contribution < -0.4 is 5.73 Å². The lowest BCUT2D eigenvalue weighted by molar-refractivity contribution is 0.534. The van der Waals surface area contributed by atoms with Crippen molar-refractivity contribution in [2.75, 3.05) is 11.7 Å². The monoisotopic (exact) mass is 189 g/mol. The van der Waals surface area contributed by atoms with Gasteiger partial charge in [-0.1, -0.05) is 6.07 Å². The molecule has 0 saturated carbocycles. The van der Waals surface area contributed by atoms with Crippen LogP contribution in [0.2, 0.25) is 0 Å². The lowest BCUT2D eigenvalue weighted by Crippen LogP contribution is -2.02. The topological polar surface area (TPSA) is 60.2 Å². The molecule has 0 aliphatic rings. The number of halogens is 1. The van der Waals surface area contributed by atoms with Gasteiger partial charge in [0.2, 0.25) is 9.84 Å². The van der Waals surface area contributed by atoms with Gasteiger partial charge in [-0.15, -0.1) is 0 Å². The number of anilines is 1. The zero-order chi connectivity index (χ0) is 9.19. The average molecular weight is 189 g/mol. The fraction of sp³-hybridized carbons (Fsp3) is 0.143. The Morgan fingerprint density at radius 1 is 1.42 bits per heavy atom. The first-order valence-corrected chi connectivity index (χ1v) is 4.86. The number of nitrogen functional groups attached to an aromatic ring is 1. The summed E-state index contributed by atoms with van der Waals surface area (Å²) in [5.41, 5.74) is 5.63. The molecule has 0 heterocycles. The predicted octanol–water partition coefficient (Wildman–Crippen LogP) is 0.970. The largest absolute Gasteiger partial charge is 0.399 e. The standard InChI is InChI=1S/C7H8FNO2S/c8-5-12(10,11)7-3-1-2-6(9)4-7/h1-4H,5,9H2. The van der Waals surface area contributed by atoms with E-state index in [4.69, 9.17) is 5.73 Å². The Labute approximate surface area is 69.9 Å². The van der Waals surface area contributed by atoms with Crippen LogP contribution in [0.3, 0.4) is 0 Å². The zero-order valence-electron chi connectivity index (χ0n) is 6.20. The summed E-state index contributed by atoms with van der Waals surface area (Å²) in [6.07, 6.45) is 0. The van der Waals surface area contributed by atoms with Crippen molar-refractivity contribution in [2.24, 2.45) is 0 Å². The minimum Gasteiger partial charge on any atom is -0.399 e. The quantitative estimate of drug-likeness (QED) is 0.705. The molecular weight excluding hydrogens is 181 g/mol. The Balaban J connectivity index is 3.21. The molecule has 0 aliphatic carbocycles. The van der Waals surface area contributed by atoms with E-state index in [1.54, 1.807) is 0 Å². The van der Waals surface area contributed by atoms with Crippen molar-refractivity contribution >= 4 is 15.5 Å². The molecule has 1 aromatic carbocycles. The van der Waals surface area contributed by atoms with E-state index >= 15 is 0 Å². The van der Waals surface area contributed by atoms with Crippen molar-refractivity contribution in [3.05, 3.63) is 24.3 Å². The van der Waals surface area contributed by atoms with Crippen molar-refractivity contribution in [1.82, 2.24) is 0 Å². The second-order valence-electron chi connectivity index (χ2n) is 2.30. The molecule has 66 valence electrons. The summed E-state index contributed by atoms with van der Waals surface area (Å²) in [5, 5.41) is 0. The van der Waals surface area contributed by atoms with Crippen LogP contribution in [-0.4, -0.2) is 14.4 Å². The number of benzene rings is 1. The van der Waals surface area contributed by atoms with E-state index in [0.29, 0.717) is 5.69 Å². The van der Waals surface area contributed by atoms with E-state index in [1.807, 2.05) is 0 Å². The van der Waals surface area contributed by atoms with Gasteiger partial charge < -0.3 is 5.73 Å². The molecule has 0 radical (unpaired) electrons. The van der Waals surface area contributed by atoms with Crippen molar-refractivity contribution < 1.29 is 12.8 Å². The average Bonchev–Trinajstić information content (AvgIpc) is 2.05. The maximum Gasteiger partial charge on any atom is 0.207 e. The second kappa shape index (κ2) is 3.10. The molecule has 5 heteroatoms. The molecule has 0 aliphatic heterocycles. The van der Waals surface area contributed by atoms with Crippen LogP contribution >= 0.6 is 0 Å². The van der Waals surface area contributed by atoms with Crippen LogP contribution in [0.1, 0.15) is 0 Å². The van der Waals surface area contributed by atoms with E-state index in [0.717, 1.165) is 0 Å². The molecule has 0 spiro atoms. The third-order valence-corrected chi connectivity index (χ3v) is 2.62. The van der Waals surface area contributed by atoms with Gasteiger partial charge in [-0.25, -0.2) is 12.8 Å². The van der Waals surface area contributed by atoms with Crippen LogP contribution in [0.25, 0.3) is 0 Å². The first-order valence-electron chi connectivity index (χ1n) is 3.20. The number of alkyl halides is 1. The minimum absolute atomic E-state index is 0.0787. The van der Waals surface area contributed by atoms with Gasteiger partial charge in [0.15, 0.2) is 6.01 Å². The zero-order valence-corrected chi connectivity index (χ0v) is 7.01. The van der Waals surface area contributed by atoms with Crippen molar-refractivity contribution in [3.8, 4) is 0 Å². The molecule has 0 aromatic heterocycles. The van der Waals surface area contributed by atoms with Gasteiger partial charge in [-0.2, -0.15) is 0 Å². The van der Waals surface area contributed by atoms with E-state index in [2.05, 4.69) is 0 Å². The molecule has 0 saturated heterocycles. The summed E-state index contributed by atoms with van der Waals surface area (Å²) in [6.45, 7) is 0. The Morgan fingerprint density at radius 3 is 2.58 bits per heavy atom. The molecule has 0 amide bonds. The Kier molecular flexibility index (Phi) is 2.32. The first-order chi connectivity index (χ1) is 5.56. The maximum atomic E-state index is 12.0. The molecular formula is C7H8FNO2S. The Morgan fingerprint density at radius 2 is 2.08 bits per heavy atom. The highest BCUT2D eigenvalue weighted by Crippen LogP contribution is 2.14. The van der Waals surface area contributed by atoms with Gasteiger partial charge in [-0.05, 0) is 18.2 Å². The van der Waals surface area contributed by atoms with E-state index in [9.17, 15) is 12.8 Å². The molecule has 12 heavy (non-hydrogen) atoms. The van der Waals surface area contributed by atoms with E-state index in [-0.39, 0.29) is 4.90 Å². The van der Waals surface area contributed by atoms with Gasteiger partial charge in [-0.3, -0.25) is 0 Å². The fourth-order valence-corrected chi connectivity index (χ4v) is 1.50. The smallest absolute Gasteiger partial charge is 0.207 e. The summed E-state index contributed by atoms with van der Waals surface area (Å²) < 4.78 is 33.8. The summed E-state index contributed by atoms with van der Waals surface area (Å²) in [4.78, 5) is -0.0787. The third-order valence-electron chi connectivity index (χ3n) is 1.36. The first kappa shape index (κ1) is 8.99. The number of hydrogen-bond donors (Lipinski definition) is 1. The van der Waals surface area contributed by atoms with Crippen LogP contribution in [0, 0.1) is 0 Å². The predicted molar refractivity (Wildman–Crippen MR) is 44.0 cm³/mol. The van der Waals surface area contributed by atoms with Gasteiger partial charge in [0.05, 0.1) is 4.90 Å². The van der Waals surface area contributed by atoms with Crippen LogP contribution in [0.4, 0.5) is 10.1 Å². The summed E-state index contributed by atoms with van der Waals surface area (Å²) in [5.74, 6) is 0. The van der Waals surface area contributed by atoms with Gasteiger partial charge in [0, 0.05) is 5.69 Å². The molecule has 3 nitrogen and oxygen atoms in total. The van der Waals surface area contributed by atoms with Crippen LogP contribution in [0.15, 0.2) is 29.2 Å². The van der Waals surface area contributed by atoms with Crippen molar-refractivity contribution in [3.63, 3.8) is 0 Å². The highest BCUT2D eigenvalue weighted by Gasteiger charge is 2.12. The third kappa shape index (κ3) is 1.73. The van der Waals surface area contributed by atoms with Gasteiger partial charge >= 0.3 is 0 Å². The van der Waals surface area contributed by atoms with E-state index < -0.39 is 15.8 Å². The molecule has 1 rings (SSSR count). The number of nitrogens with two attached hydrogens (primary N) is 1. The van der Waals surface area contributed by atoms with E-state index in [1.165, 1.54) is 24.3 Å². The lowest BCUT2D eigenvalue weighted by atomic mass is 10.3. The molecule has 0 bridgehead atoms.